The van der Waals surface area contributed by atoms with Gasteiger partial charge in [-0.25, -0.2) is 0 Å². The van der Waals surface area contributed by atoms with E-state index in [1.165, 1.54) is 11.3 Å². The van der Waals surface area contributed by atoms with Crippen molar-refractivity contribution < 1.29 is 14.5 Å². The molecule has 2 amide bonds. The van der Waals surface area contributed by atoms with Crippen molar-refractivity contribution in [1.82, 2.24) is 9.47 Å². The van der Waals surface area contributed by atoms with E-state index < -0.39 is 0 Å². The van der Waals surface area contributed by atoms with E-state index in [4.69, 9.17) is 0 Å². The van der Waals surface area contributed by atoms with Crippen LogP contribution in [0, 0.1) is 30.9 Å². The highest BCUT2D eigenvalue weighted by Crippen LogP contribution is 2.36. The maximum Gasteiger partial charge on any atom is 0.294 e. The number of nitrogens with zero attached hydrogens (tertiary/aromatic N) is 3. The highest BCUT2D eigenvalue weighted by Gasteiger charge is 2.35. The average molecular weight is 545 g/mol. The van der Waals surface area contributed by atoms with Crippen LogP contribution in [0.25, 0.3) is 11.8 Å². The quantitative estimate of drug-likeness (QED) is 0.191. The number of nitro benzene ring substituents is 1. The Bertz CT molecular complexity index is 1470. The molecule has 0 bridgehead atoms. The molecule has 1 saturated heterocycles. The van der Waals surface area contributed by atoms with Gasteiger partial charge in [0.2, 0.25) is 0 Å². The van der Waals surface area contributed by atoms with Crippen molar-refractivity contribution in [1.29, 1.82) is 0 Å². The highest BCUT2D eigenvalue weighted by atomic mass is 32.2. The molecule has 2 aromatic carbocycles. The third-order valence-electron chi connectivity index (χ3n) is 7.49. The van der Waals surface area contributed by atoms with Gasteiger partial charge in [-0.2, -0.15) is 0 Å². The van der Waals surface area contributed by atoms with Crippen LogP contribution in [0.1, 0.15) is 60.2 Å². The number of benzene rings is 2. The first-order valence-corrected chi connectivity index (χ1v) is 14.1. The molecular weight excluding hydrogens is 512 g/mol. The number of anilines is 1. The van der Waals surface area contributed by atoms with Gasteiger partial charge in [0, 0.05) is 23.5 Å². The number of hydrogen-bond acceptors (Lipinski definition) is 6. The van der Waals surface area contributed by atoms with E-state index in [1.54, 1.807) is 18.2 Å². The van der Waals surface area contributed by atoms with Crippen molar-refractivity contribution in [2.24, 2.45) is 0 Å². The largest absolute Gasteiger partial charge is 0.377 e. The Morgan fingerprint density at radius 1 is 1.03 bits per heavy atom. The minimum Gasteiger partial charge on any atom is -0.377 e. The fraction of sp³-hybridized carbons (Fsp3) is 0.333. The van der Waals surface area contributed by atoms with Gasteiger partial charge >= 0.3 is 0 Å². The normalized spacial score (nSPS) is 17.3. The second-order valence-corrected chi connectivity index (χ2v) is 11.3. The summed E-state index contributed by atoms with van der Waals surface area (Å²) in [6.45, 7) is 6.05. The van der Waals surface area contributed by atoms with Crippen molar-refractivity contribution in [3.8, 4) is 5.69 Å². The number of nitrogens with one attached hydrogen (secondary N) is 1. The molecule has 0 unspecified atom stereocenters. The molecule has 2 fully saturated rings. The van der Waals surface area contributed by atoms with Crippen LogP contribution >= 0.6 is 11.8 Å². The van der Waals surface area contributed by atoms with Crippen LogP contribution in [0.2, 0.25) is 0 Å². The van der Waals surface area contributed by atoms with E-state index in [1.807, 2.05) is 61.7 Å². The van der Waals surface area contributed by atoms with Gasteiger partial charge in [-0.05, 0) is 80.8 Å². The van der Waals surface area contributed by atoms with E-state index >= 15 is 0 Å². The third kappa shape index (κ3) is 5.63. The van der Waals surface area contributed by atoms with E-state index in [0.29, 0.717) is 16.3 Å². The van der Waals surface area contributed by atoms with Gasteiger partial charge in [0.25, 0.3) is 16.8 Å². The Balaban J connectivity index is 1.40. The summed E-state index contributed by atoms with van der Waals surface area (Å²) in [6.07, 6.45) is 7.28. The fourth-order valence-electron chi connectivity index (χ4n) is 5.38. The summed E-state index contributed by atoms with van der Waals surface area (Å²) in [5, 5.41) is 15.1. The van der Waals surface area contributed by atoms with Crippen LogP contribution in [-0.2, 0) is 11.3 Å². The van der Waals surface area contributed by atoms with Crippen LogP contribution < -0.4 is 5.32 Å². The summed E-state index contributed by atoms with van der Waals surface area (Å²) in [6, 6.07) is 15.2. The van der Waals surface area contributed by atoms with Gasteiger partial charge in [-0.15, -0.1) is 0 Å². The lowest BCUT2D eigenvalue weighted by Crippen LogP contribution is -2.27. The summed E-state index contributed by atoms with van der Waals surface area (Å²) in [7, 11) is 0. The van der Waals surface area contributed by atoms with Gasteiger partial charge in [-0.3, -0.25) is 24.6 Å². The zero-order chi connectivity index (χ0) is 27.7. The number of nitro groups is 1. The number of amides is 2. The summed E-state index contributed by atoms with van der Waals surface area (Å²) in [4.78, 5) is 39.0. The van der Waals surface area contributed by atoms with Crippen LogP contribution in [-0.4, -0.2) is 31.6 Å². The minimum atomic E-state index is -0.339. The Morgan fingerprint density at radius 3 is 2.44 bits per heavy atom. The van der Waals surface area contributed by atoms with Crippen molar-refractivity contribution in [3.63, 3.8) is 0 Å². The Labute approximate surface area is 232 Å². The lowest BCUT2D eigenvalue weighted by atomic mass is 9.95. The number of imide groups is 1. The second kappa shape index (κ2) is 11.1. The van der Waals surface area contributed by atoms with Crippen molar-refractivity contribution >= 4 is 40.4 Å². The fourth-order valence-corrected chi connectivity index (χ4v) is 6.21. The maximum atomic E-state index is 13.1. The molecule has 1 aliphatic heterocycles. The predicted molar refractivity (Wildman–Crippen MR) is 155 cm³/mol. The maximum absolute atomic E-state index is 13.1. The molecule has 3 aromatic rings. The molecule has 2 heterocycles. The zero-order valence-corrected chi connectivity index (χ0v) is 23.2. The van der Waals surface area contributed by atoms with Crippen molar-refractivity contribution in [3.05, 3.63) is 91.6 Å². The Hall–Kier alpha value is -3.85. The van der Waals surface area contributed by atoms with Crippen molar-refractivity contribution in [2.75, 3.05) is 5.32 Å². The van der Waals surface area contributed by atoms with Gasteiger partial charge < -0.3 is 9.88 Å². The number of carbonyl (C=O) groups excluding carboxylic acids is 2. The average Bonchev–Trinajstić information content (AvgIpc) is 3.34. The summed E-state index contributed by atoms with van der Waals surface area (Å²) in [5.41, 5.74) is 5.78. The Morgan fingerprint density at radius 2 is 1.74 bits per heavy atom. The number of rotatable bonds is 7. The van der Waals surface area contributed by atoms with Crippen LogP contribution in [0.15, 0.2) is 53.4 Å². The van der Waals surface area contributed by atoms with Gasteiger partial charge in [0.05, 0.1) is 22.1 Å². The number of aryl methyl sites for hydroxylation is 2. The molecule has 5 rings (SSSR count). The first-order valence-electron chi connectivity index (χ1n) is 13.3. The molecule has 0 radical (unpaired) electrons. The number of thioether (sulfide) groups is 1. The number of hydrogen-bond donors (Lipinski definition) is 1. The first kappa shape index (κ1) is 26.7. The standard InChI is InChI=1S/C30H32N4O4S/c1-19-9-11-22(12-10-19)18-32-29(35)28(39-30(32)36)16-23-15-20(2)33(21(23)3)25-13-14-26(27(17-25)34(37)38)31-24-7-5-4-6-8-24/h9-17,24,31H,4-8,18H2,1-3H3/b28-16-. The van der Waals surface area contributed by atoms with Crippen molar-refractivity contribution in [2.45, 2.75) is 65.5 Å². The lowest BCUT2D eigenvalue weighted by Gasteiger charge is -2.24. The molecule has 1 aromatic heterocycles. The van der Waals surface area contributed by atoms with Crippen LogP contribution in [0.3, 0.4) is 0 Å². The first-order chi connectivity index (χ1) is 18.7. The monoisotopic (exact) mass is 544 g/mol. The smallest absolute Gasteiger partial charge is 0.294 e. The zero-order valence-electron chi connectivity index (χ0n) is 22.4. The topological polar surface area (TPSA) is 97.5 Å². The van der Waals surface area contributed by atoms with Crippen LogP contribution in [0.5, 0.6) is 0 Å². The lowest BCUT2D eigenvalue weighted by molar-refractivity contribution is -0.384. The molecule has 2 aliphatic rings. The van der Waals surface area contributed by atoms with Gasteiger partial charge in [0.15, 0.2) is 0 Å². The molecule has 8 nitrogen and oxygen atoms in total. The second-order valence-electron chi connectivity index (χ2n) is 10.4. The third-order valence-corrected chi connectivity index (χ3v) is 8.40. The van der Waals surface area contributed by atoms with E-state index in [-0.39, 0.29) is 34.3 Å². The molecule has 1 aliphatic carbocycles. The molecule has 39 heavy (non-hydrogen) atoms. The molecule has 0 spiro atoms. The summed E-state index contributed by atoms with van der Waals surface area (Å²) < 4.78 is 1.94. The van der Waals surface area contributed by atoms with Gasteiger partial charge in [0.1, 0.15) is 5.69 Å². The number of carbonyl (C=O) groups is 2. The molecule has 0 atom stereocenters. The molecular formula is C30H32N4O4S. The summed E-state index contributed by atoms with van der Waals surface area (Å²) in [5.74, 6) is -0.316. The van der Waals surface area contributed by atoms with E-state index in [9.17, 15) is 19.7 Å². The molecule has 202 valence electrons. The SMILES string of the molecule is Cc1ccc(CN2C(=O)S/C(=C\c3cc(C)n(-c4ccc(NC5CCCCC5)c([N+](=O)[O-])c4)c3C)C2=O)cc1. The Kier molecular flexibility index (Phi) is 7.61. The predicted octanol–water partition coefficient (Wildman–Crippen LogP) is 7.29. The van der Waals surface area contributed by atoms with E-state index in [0.717, 1.165) is 65.5 Å². The number of aromatic nitrogens is 1. The van der Waals surface area contributed by atoms with Crippen LogP contribution in [0.4, 0.5) is 16.2 Å². The van der Waals surface area contributed by atoms with Gasteiger partial charge in [-0.1, -0.05) is 49.1 Å². The highest BCUT2D eigenvalue weighted by molar-refractivity contribution is 8.18. The minimum absolute atomic E-state index is 0.0457. The molecule has 1 saturated carbocycles. The van der Waals surface area contributed by atoms with E-state index in [2.05, 4.69) is 5.32 Å². The molecule has 9 heteroatoms. The summed E-state index contributed by atoms with van der Waals surface area (Å²) >= 11 is 0.935. The molecule has 1 N–H and O–H groups in total.